The summed E-state index contributed by atoms with van der Waals surface area (Å²) in [6, 6.07) is 0.707. The maximum absolute atomic E-state index is 3.93. The summed E-state index contributed by atoms with van der Waals surface area (Å²) in [6.45, 7) is 12.9. The van der Waals surface area contributed by atoms with Crippen molar-refractivity contribution in [3.05, 3.63) is 6.92 Å². The van der Waals surface area contributed by atoms with Crippen molar-refractivity contribution in [2.75, 3.05) is 13.1 Å². The van der Waals surface area contributed by atoms with Crippen LogP contribution < -0.4 is 0 Å². The normalized spacial score (nSPS) is 13.9. The summed E-state index contributed by atoms with van der Waals surface area (Å²) >= 11 is 0. The summed E-state index contributed by atoms with van der Waals surface area (Å²) in [4.78, 5) is 2.45. The number of hydrogen-bond donors (Lipinski definition) is 0. The highest BCUT2D eigenvalue weighted by molar-refractivity contribution is 4.66. The number of nitrogens with zero attached hydrogens (tertiary/aromatic N) is 1. The van der Waals surface area contributed by atoms with Crippen molar-refractivity contribution in [2.24, 2.45) is 0 Å². The lowest BCUT2D eigenvalue weighted by molar-refractivity contribution is 0.222. The maximum atomic E-state index is 3.93. The van der Waals surface area contributed by atoms with Crippen LogP contribution in [-0.2, 0) is 0 Å². The van der Waals surface area contributed by atoms with Crippen molar-refractivity contribution in [3.8, 4) is 0 Å². The third-order valence-corrected chi connectivity index (χ3v) is 2.30. The summed E-state index contributed by atoms with van der Waals surface area (Å²) in [6.07, 6.45) is 3.83. The van der Waals surface area contributed by atoms with Gasteiger partial charge in [-0.1, -0.05) is 20.3 Å². The molecule has 11 heavy (non-hydrogen) atoms. The lowest BCUT2D eigenvalue weighted by Crippen LogP contribution is -2.33. The van der Waals surface area contributed by atoms with Gasteiger partial charge in [-0.2, -0.15) is 0 Å². The Morgan fingerprint density at radius 3 is 2.36 bits per heavy atom. The Bertz CT molecular complexity index is 80.9. The van der Waals surface area contributed by atoms with Crippen LogP contribution >= 0.6 is 0 Å². The fourth-order valence-electron chi connectivity index (χ4n) is 1.17. The summed E-state index contributed by atoms with van der Waals surface area (Å²) in [5, 5.41) is 0. The quantitative estimate of drug-likeness (QED) is 0.571. The third kappa shape index (κ3) is 4.41. The van der Waals surface area contributed by atoms with Gasteiger partial charge >= 0.3 is 0 Å². The minimum absolute atomic E-state index is 0.707. The van der Waals surface area contributed by atoms with E-state index in [-0.39, 0.29) is 0 Å². The van der Waals surface area contributed by atoms with Crippen molar-refractivity contribution >= 4 is 0 Å². The van der Waals surface area contributed by atoms with Crippen molar-refractivity contribution in [2.45, 2.75) is 46.1 Å². The molecule has 0 amide bonds. The maximum Gasteiger partial charge on any atom is 0.00643 e. The molecule has 0 saturated heterocycles. The summed E-state index contributed by atoms with van der Waals surface area (Å²) in [5.41, 5.74) is 0. The van der Waals surface area contributed by atoms with Crippen LogP contribution in [0.3, 0.4) is 0 Å². The predicted octanol–water partition coefficient (Wildman–Crippen LogP) is 2.72. The summed E-state index contributed by atoms with van der Waals surface area (Å²) < 4.78 is 0. The van der Waals surface area contributed by atoms with Crippen LogP contribution in [0, 0.1) is 6.92 Å². The van der Waals surface area contributed by atoms with Crippen LogP contribution in [-0.4, -0.2) is 24.0 Å². The van der Waals surface area contributed by atoms with Gasteiger partial charge in [0.05, 0.1) is 0 Å². The highest BCUT2D eigenvalue weighted by Gasteiger charge is 2.07. The van der Waals surface area contributed by atoms with Crippen molar-refractivity contribution < 1.29 is 0 Å². The molecule has 0 aliphatic rings. The molecule has 0 heterocycles. The van der Waals surface area contributed by atoms with Gasteiger partial charge in [0.1, 0.15) is 0 Å². The van der Waals surface area contributed by atoms with E-state index in [4.69, 9.17) is 0 Å². The molecule has 0 bridgehead atoms. The average molecular weight is 156 g/mol. The molecule has 1 radical (unpaired) electrons. The van der Waals surface area contributed by atoms with Crippen molar-refractivity contribution in [1.29, 1.82) is 0 Å². The van der Waals surface area contributed by atoms with E-state index in [2.05, 4.69) is 32.6 Å². The molecule has 0 aliphatic heterocycles. The second-order valence-electron chi connectivity index (χ2n) is 3.15. The second-order valence-corrected chi connectivity index (χ2v) is 3.15. The topological polar surface area (TPSA) is 3.24 Å². The van der Waals surface area contributed by atoms with Gasteiger partial charge in [0, 0.05) is 6.04 Å². The van der Waals surface area contributed by atoms with Gasteiger partial charge in [-0.3, -0.25) is 0 Å². The van der Waals surface area contributed by atoms with Crippen LogP contribution in [0.15, 0.2) is 0 Å². The largest absolute Gasteiger partial charge is 0.301 e. The fourth-order valence-corrected chi connectivity index (χ4v) is 1.17. The number of unbranched alkanes of at least 4 members (excludes halogenated alkanes) is 1. The van der Waals surface area contributed by atoms with Gasteiger partial charge in [0.25, 0.3) is 0 Å². The van der Waals surface area contributed by atoms with Gasteiger partial charge in [-0.05, 0) is 39.8 Å². The molecule has 0 aromatic rings. The molecular weight excluding hydrogens is 134 g/mol. The summed E-state index contributed by atoms with van der Waals surface area (Å²) in [7, 11) is 0. The molecule has 0 rings (SSSR count). The Morgan fingerprint density at radius 1 is 1.36 bits per heavy atom. The molecular formula is C10H22N. The van der Waals surface area contributed by atoms with E-state index in [1.54, 1.807) is 0 Å². The number of hydrogen-bond acceptors (Lipinski definition) is 1. The lowest BCUT2D eigenvalue weighted by Gasteiger charge is -2.26. The highest BCUT2D eigenvalue weighted by Crippen LogP contribution is 2.04. The zero-order chi connectivity index (χ0) is 8.69. The van der Waals surface area contributed by atoms with E-state index in [9.17, 15) is 0 Å². The third-order valence-electron chi connectivity index (χ3n) is 2.30. The Labute approximate surface area is 71.8 Å². The van der Waals surface area contributed by atoms with Crippen molar-refractivity contribution in [1.82, 2.24) is 4.90 Å². The zero-order valence-electron chi connectivity index (χ0n) is 8.27. The molecule has 0 aromatic carbocycles. The Hall–Kier alpha value is -0.0400. The monoisotopic (exact) mass is 156 g/mol. The molecule has 0 N–H and O–H groups in total. The van der Waals surface area contributed by atoms with E-state index in [0.29, 0.717) is 6.04 Å². The Morgan fingerprint density at radius 2 is 2.00 bits per heavy atom. The van der Waals surface area contributed by atoms with Crippen molar-refractivity contribution in [3.63, 3.8) is 0 Å². The van der Waals surface area contributed by atoms with Crippen LogP contribution in [0.4, 0.5) is 0 Å². The lowest BCUT2D eigenvalue weighted by atomic mass is 10.2. The molecule has 1 unspecified atom stereocenters. The second kappa shape index (κ2) is 6.66. The first-order valence-corrected chi connectivity index (χ1v) is 4.79. The molecule has 0 fully saturated rings. The molecule has 1 nitrogen and oxygen atoms in total. The Kier molecular flexibility index (Phi) is 6.63. The molecule has 0 saturated carbocycles. The predicted molar refractivity (Wildman–Crippen MR) is 51.6 cm³/mol. The number of rotatable bonds is 6. The first-order valence-electron chi connectivity index (χ1n) is 4.79. The first kappa shape index (κ1) is 11.0. The highest BCUT2D eigenvalue weighted by atomic mass is 15.1. The first-order chi connectivity index (χ1) is 5.26. The van der Waals surface area contributed by atoms with E-state index < -0.39 is 0 Å². The minimum Gasteiger partial charge on any atom is -0.301 e. The van der Waals surface area contributed by atoms with Gasteiger partial charge in [-0.15, -0.1) is 0 Å². The van der Waals surface area contributed by atoms with Gasteiger partial charge in [0.15, 0.2) is 0 Å². The molecule has 0 aliphatic carbocycles. The van der Waals surface area contributed by atoms with Gasteiger partial charge < -0.3 is 4.90 Å². The SMILES string of the molecule is [CH2]CN(CCCC)C(C)CC. The van der Waals surface area contributed by atoms with Gasteiger partial charge in [0.2, 0.25) is 0 Å². The molecule has 67 valence electrons. The van der Waals surface area contributed by atoms with E-state index >= 15 is 0 Å². The summed E-state index contributed by atoms with van der Waals surface area (Å²) in [5.74, 6) is 0. The molecule has 1 heteroatoms. The van der Waals surface area contributed by atoms with E-state index in [0.717, 1.165) is 6.54 Å². The molecule has 0 spiro atoms. The van der Waals surface area contributed by atoms with Crippen LogP contribution in [0.5, 0.6) is 0 Å². The fraction of sp³-hybridized carbons (Fsp3) is 0.900. The minimum atomic E-state index is 0.707. The standard InChI is InChI=1S/C10H22N/c1-5-8-9-11(7-3)10(4)6-2/h10H,3,5-9H2,1-2,4H3. The van der Waals surface area contributed by atoms with Gasteiger partial charge in [-0.25, -0.2) is 0 Å². The van der Waals surface area contributed by atoms with E-state index in [1.807, 2.05) is 0 Å². The van der Waals surface area contributed by atoms with E-state index in [1.165, 1.54) is 25.8 Å². The smallest absolute Gasteiger partial charge is 0.00643 e. The molecule has 1 atom stereocenters. The zero-order valence-corrected chi connectivity index (χ0v) is 8.27. The average Bonchev–Trinajstić information content (AvgIpc) is 2.05. The van der Waals surface area contributed by atoms with Crippen LogP contribution in [0.2, 0.25) is 0 Å². The Balaban J connectivity index is 3.56. The molecule has 0 aromatic heterocycles. The van der Waals surface area contributed by atoms with Crippen LogP contribution in [0.25, 0.3) is 0 Å². The van der Waals surface area contributed by atoms with Crippen LogP contribution in [0.1, 0.15) is 40.0 Å².